The molecule has 0 spiro atoms. The van der Waals surface area contributed by atoms with Crippen LogP contribution in [0.2, 0.25) is 0 Å². The molecule has 1 N–H and O–H groups in total. The quantitative estimate of drug-likeness (QED) is 0.816. The number of nitrogens with one attached hydrogen (secondary N) is 1. The summed E-state index contributed by atoms with van der Waals surface area (Å²) in [6, 6.07) is 6.47. The summed E-state index contributed by atoms with van der Waals surface area (Å²) >= 11 is 0. The molecule has 1 aliphatic heterocycles. The van der Waals surface area contributed by atoms with Gasteiger partial charge in [-0.05, 0) is 44.0 Å². The van der Waals surface area contributed by atoms with Crippen LogP contribution in [-0.2, 0) is 0 Å². The highest BCUT2D eigenvalue weighted by atomic mass is 16.3. The van der Waals surface area contributed by atoms with Crippen molar-refractivity contribution in [2.75, 3.05) is 6.54 Å². The van der Waals surface area contributed by atoms with Gasteiger partial charge in [0.1, 0.15) is 5.52 Å². The first-order valence-corrected chi connectivity index (χ1v) is 6.43. The number of nitrogens with zero attached hydrogens (tertiary/aromatic N) is 1. The second kappa shape index (κ2) is 4.49. The summed E-state index contributed by atoms with van der Waals surface area (Å²) in [4.78, 5) is 4.59. The van der Waals surface area contributed by atoms with E-state index in [-0.39, 0.29) is 0 Å². The van der Waals surface area contributed by atoms with E-state index in [1.165, 1.54) is 24.8 Å². The molecule has 90 valence electrons. The third-order valence-electron chi connectivity index (χ3n) is 3.42. The van der Waals surface area contributed by atoms with Crippen LogP contribution in [0.4, 0.5) is 0 Å². The topological polar surface area (TPSA) is 38.1 Å². The van der Waals surface area contributed by atoms with Crippen LogP contribution in [0.1, 0.15) is 43.2 Å². The minimum atomic E-state index is 0.296. The van der Waals surface area contributed by atoms with Gasteiger partial charge in [-0.1, -0.05) is 18.9 Å². The average Bonchev–Trinajstić information content (AvgIpc) is 2.57. The van der Waals surface area contributed by atoms with E-state index >= 15 is 0 Å². The van der Waals surface area contributed by atoms with Gasteiger partial charge in [-0.3, -0.25) is 0 Å². The standard InChI is InChI=1S/C14H18N2O/c1-10-6-7-11-13(9-10)17-14(16-11)12-5-3-2-4-8-15-12/h6-7,9,12,15H,2-5,8H2,1H3. The number of hydrogen-bond donors (Lipinski definition) is 1. The van der Waals surface area contributed by atoms with E-state index in [0.29, 0.717) is 6.04 Å². The van der Waals surface area contributed by atoms with Crippen molar-refractivity contribution in [1.82, 2.24) is 10.3 Å². The van der Waals surface area contributed by atoms with Crippen molar-refractivity contribution in [2.24, 2.45) is 0 Å². The van der Waals surface area contributed by atoms with E-state index in [1.807, 2.05) is 6.07 Å². The number of aryl methyl sites for hydroxylation is 1. The molecule has 1 saturated heterocycles. The van der Waals surface area contributed by atoms with E-state index in [1.54, 1.807) is 0 Å². The minimum absolute atomic E-state index is 0.296. The Morgan fingerprint density at radius 2 is 2.24 bits per heavy atom. The maximum atomic E-state index is 5.87. The van der Waals surface area contributed by atoms with Crippen LogP contribution in [0.5, 0.6) is 0 Å². The Labute approximate surface area is 101 Å². The Balaban J connectivity index is 1.93. The summed E-state index contributed by atoms with van der Waals surface area (Å²) in [5.74, 6) is 0.854. The molecule has 17 heavy (non-hydrogen) atoms. The van der Waals surface area contributed by atoms with Crippen molar-refractivity contribution >= 4 is 11.1 Å². The molecule has 0 radical (unpaired) electrons. The van der Waals surface area contributed by atoms with E-state index in [9.17, 15) is 0 Å². The van der Waals surface area contributed by atoms with Gasteiger partial charge in [0, 0.05) is 0 Å². The number of oxazole rings is 1. The zero-order valence-electron chi connectivity index (χ0n) is 10.2. The van der Waals surface area contributed by atoms with Crippen molar-refractivity contribution < 1.29 is 4.42 Å². The maximum Gasteiger partial charge on any atom is 0.212 e. The molecule has 3 nitrogen and oxygen atoms in total. The van der Waals surface area contributed by atoms with Crippen molar-refractivity contribution in [3.63, 3.8) is 0 Å². The molecule has 2 heterocycles. The zero-order valence-corrected chi connectivity index (χ0v) is 10.2. The third kappa shape index (κ3) is 2.20. The van der Waals surface area contributed by atoms with Crippen molar-refractivity contribution in [3.8, 4) is 0 Å². The Morgan fingerprint density at radius 3 is 3.18 bits per heavy atom. The van der Waals surface area contributed by atoms with E-state index in [2.05, 4.69) is 29.4 Å². The van der Waals surface area contributed by atoms with Crippen LogP contribution in [0.15, 0.2) is 22.6 Å². The smallest absolute Gasteiger partial charge is 0.212 e. The van der Waals surface area contributed by atoms with Gasteiger partial charge < -0.3 is 9.73 Å². The van der Waals surface area contributed by atoms with Crippen LogP contribution in [0, 0.1) is 6.92 Å². The molecule has 0 aliphatic carbocycles. The molecule has 0 saturated carbocycles. The zero-order chi connectivity index (χ0) is 11.7. The highest BCUT2D eigenvalue weighted by Gasteiger charge is 2.19. The lowest BCUT2D eigenvalue weighted by Crippen LogP contribution is -2.20. The molecule has 0 amide bonds. The van der Waals surface area contributed by atoms with E-state index < -0.39 is 0 Å². The highest BCUT2D eigenvalue weighted by molar-refractivity contribution is 5.73. The van der Waals surface area contributed by atoms with Crippen LogP contribution in [0.25, 0.3) is 11.1 Å². The van der Waals surface area contributed by atoms with Crippen molar-refractivity contribution in [2.45, 2.75) is 38.6 Å². The van der Waals surface area contributed by atoms with Gasteiger partial charge >= 0.3 is 0 Å². The predicted molar refractivity (Wildman–Crippen MR) is 68.0 cm³/mol. The summed E-state index contributed by atoms with van der Waals surface area (Å²) in [5.41, 5.74) is 3.09. The van der Waals surface area contributed by atoms with Gasteiger partial charge in [-0.15, -0.1) is 0 Å². The van der Waals surface area contributed by atoms with Crippen LogP contribution >= 0.6 is 0 Å². The fourth-order valence-electron chi connectivity index (χ4n) is 2.44. The second-order valence-corrected chi connectivity index (χ2v) is 4.88. The van der Waals surface area contributed by atoms with Crippen LogP contribution < -0.4 is 5.32 Å². The Kier molecular flexibility index (Phi) is 2.85. The number of fused-ring (bicyclic) bond motifs is 1. The molecule has 1 fully saturated rings. The first-order chi connectivity index (χ1) is 8.33. The first-order valence-electron chi connectivity index (χ1n) is 6.43. The first kappa shape index (κ1) is 10.8. The molecule has 1 aliphatic rings. The summed E-state index contributed by atoms with van der Waals surface area (Å²) in [6.07, 6.45) is 4.96. The van der Waals surface area contributed by atoms with Gasteiger partial charge in [0.05, 0.1) is 6.04 Å². The molecular weight excluding hydrogens is 212 g/mol. The number of aromatic nitrogens is 1. The maximum absolute atomic E-state index is 5.87. The Morgan fingerprint density at radius 1 is 1.29 bits per heavy atom. The fourth-order valence-corrected chi connectivity index (χ4v) is 2.44. The van der Waals surface area contributed by atoms with Gasteiger partial charge in [-0.25, -0.2) is 4.98 Å². The normalized spacial score (nSPS) is 21.6. The largest absolute Gasteiger partial charge is 0.439 e. The van der Waals surface area contributed by atoms with E-state index in [4.69, 9.17) is 4.42 Å². The summed E-state index contributed by atoms with van der Waals surface area (Å²) < 4.78 is 5.87. The molecule has 1 aromatic carbocycles. The van der Waals surface area contributed by atoms with Crippen molar-refractivity contribution in [3.05, 3.63) is 29.7 Å². The average molecular weight is 230 g/mol. The minimum Gasteiger partial charge on any atom is -0.439 e. The molecule has 2 aromatic rings. The van der Waals surface area contributed by atoms with Gasteiger partial charge in [0.25, 0.3) is 0 Å². The van der Waals surface area contributed by atoms with E-state index in [0.717, 1.165) is 30.0 Å². The predicted octanol–water partition coefficient (Wildman–Crippen LogP) is 3.34. The molecule has 1 aromatic heterocycles. The molecule has 3 rings (SSSR count). The van der Waals surface area contributed by atoms with Gasteiger partial charge in [-0.2, -0.15) is 0 Å². The fraction of sp³-hybridized carbons (Fsp3) is 0.500. The second-order valence-electron chi connectivity index (χ2n) is 4.88. The highest BCUT2D eigenvalue weighted by Crippen LogP contribution is 2.26. The lowest BCUT2D eigenvalue weighted by Gasteiger charge is -2.10. The number of hydrogen-bond acceptors (Lipinski definition) is 3. The van der Waals surface area contributed by atoms with Gasteiger partial charge in [0.2, 0.25) is 5.89 Å². The SMILES string of the molecule is Cc1ccc2nc(C3CCCCCN3)oc2c1. The molecule has 0 bridgehead atoms. The number of benzene rings is 1. The summed E-state index contributed by atoms with van der Waals surface area (Å²) in [6.45, 7) is 3.15. The summed E-state index contributed by atoms with van der Waals surface area (Å²) in [7, 11) is 0. The van der Waals surface area contributed by atoms with Crippen molar-refractivity contribution in [1.29, 1.82) is 0 Å². The van der Waals surface area contributed by atoms with Gasteiger partial charge in [0.15, 0.2) is 5.58 Å². The third-order valence-corrected chi connectivity index (χ3v) is 3.42. The molecular formula is C14H18N2O. The molecule has 3 heteroatoms. The molecule has 1 unspecified atom stereocenters. The monoisotopic (exact) mass is 230 g/mol. The lowest BCUT2D eigenvalue weighted by molar-refractivity contribution is 0.410. The van der Waals surface area contributed by atoms with Crippen LogP contribution in [-0.4, -0.2) is 11.5 Å². The summed E-state index contributed by atoms with van der Waals surface area (Å²) in [5, 5.41) is 3.52. The Bertz CT molecular complexity index is 510. The lowest BCUT2D eigenvalue weighted by atomic mass is 10.1. The van der Waals surface area contributed by atoms with Crippen LogP contribution in [0.3, 0.4) is 0 Å². The molecule has 1 atom stereocenters. The Hall–Kier alpha value is -1.35. The number of rotatable bonds is 1.